The molecule has 0 saturated carbocycles. The summed E-state index contributed by atoms with van der Waals surface area (Å²) >= 11 is 1.03. The number of carbonyl (C=O) groups excluding carboxylic acids is 1. The number of nitrogens with zero attached hydrogens (tertiary/aromatic N) is 1. The molecule has 0 radical (unpaired) electrons. The standard InChI is InChI=1S/C22H14N2O6S/c23-22-24(14-4-6-17-18(9-14)29-11-28-17)20(25)19(31-22)10-15-5-7-16(30-15)12-2-1-3-13(8-12)21(26)27/h1-10,23H,11H2,(H,26,27)/b19-10+,23-22?. The quantitative estimate of drug-likeness (QED) is 0.584. The van der Waals surface area contributed by atoms with E-state index in [1.807, 2.05) is 0 Å². The predicted octanol–water partition coefficient (Wildman–Crippen LogP) is 4.43. The first-order valence-electron chi connectivity index (χ1n) is 9.15. The smallest absolute Gasteiger partial charge is 0.335 e. The molecule has 2 aliphatic heterocycles. The molecular formula is C22H14N2O6S. The van der Waals surface area contributed by atoms with Crippen LogP contribution in [0.3, 0.4) is 0 Å². The summed E-state index contributed by atoms with van der Waals surface area (Å²) in [5.74, 6) is 0.658. The van der Waals surface area contributed by atoms with Crippen LogP contribution in [0, 0.1) is 5.41 Å². The Balaban J connectivity index is 1.41. The second-order valence-electron chi connectivity index (χ2n) is 6.68. The summed E-state index contributed by atoms with van der Waals surface area (Å²) in [6.45, 7) is 0.125. The van der Waals surface area contributed by atoms with Gasteiger partial charge in [-0.1, -0.05) is 12.1 Å². The van der Waals surface area contributed by atoms with E-state index in [1.54, 1.807) is 48.5 Å². The van der Waals surface area contributed by atoms with Gasteiger partial charge in [-0.3, -0.25) is 15.1 Å². The van der Waals surface area contributed by atoms with Gasteiger partial charge in [0.25, 0.3) is 5.91 Å². The molecule has 9 heteroatoms. The van der Waals surface area contributed by atoms with Crippen LogP contribution < -0.4 is 14.4 Å². The SMILES string of the molecule is N=C1S/C(=C/c2ccc(-c3cccc(C(=O)O)c3)o2)C(=O)N1c1ccc2c(c1)OCO2. The van der Waals surface area contributed by atoms with Gasteiger partial charge in [-0.05, 0) is 48.2 Å². The third-order valence-corrected chi connectivity index (χ3v) is 5.62. The maximum atomic E-state index is 12.9. The highest BCUT2D eigenvalue weighted by atomic mass is 32.2. The summed E-state index contributed by atoms with van der Waals surface area (Å²) in [6.07, 6.45) is 1.57. The van der Waals surface area contributed by atoms with Crippen molar-refractivity contribution < 1.29 is 28.6 Å². The molecule has 3 heterocycles. The number of rotatable bonds is 4. The molecular weight excluding hydrogens is 420 g/mol. The molecule has 0 unspecified atom stereocenters. The number of carbonyl (C=O) groups is 2. The number of amidine groups is 1. The number of anilines is 1. The van der Waals surface area contributed by atoms with Crippen molar-refractivity contribution in [3.8, 4) is 22.8 Å². The van der Waals surface area contributed by atoms with Crippen LogP contribution in [0.5, 0.6) is 11.5 Å². The lowest BCUT2D eigenvalue weighted by molar-refractivity contribution is -0.113. The summed E-state index contributed by atoms with van der Waals surface area (Å²) in [4.78, 5) is 25.7. The van der Waals surface area contributed by atoms with Crippen molar-refractivity contribution in [2.45, 2.75) is 0 Å². The minimum atomic E-state index is -1.02. The fourth-order valence-electron chi connectivity index (χ4n) is 3.27. The molecule has 8 nitrogen and oxygen atoms in total. The molecule has 1 aromatic heterocycles. The van der Waals surface area contributed by atoms with Crippen LogP contribution in [0.4, 0.5) is 5.69 Å². The van der Waals surface area contributed by atoms with Crippen LogP contribution in [0.1, 0.15) is 16.1 Å². The van der Waals surface area contributed by atoms with Crippen molar-refractivity contribution in [3.63, 3.8) is 0 Å². The molecule has 0 aliphatic carbocycles. The first-order chi connectivity index (χ1) is 15.0. The van der Waals surface area contributed by atoms with Gasteiger partial charge in [-0.15, -0.1) is 0 Å². The molecule has 1 saturated heterocycles. The van der Waals surface area contributed by atoms with Gasteiger partial charge >= 0.3 is 5.97 Å². The molecule has 154 valence electrons. The van der Waals surface area contributed by atoms with Crippen molar-refractivity contribution in [2.75, 3.05) is 11.7 Å². The average molecular weight is 434 g/mol. The summed E-state index contributed by atoms with van der Waals surface area (Å²) in [6, 6.07) is 14.9. The van der Waals surface area contributed by atoms with Crippen molar-refractivity contribution in [1.29, 1.82) is 5.41 Å². The fourth-order valence-corrected chi connectivity index (χ4v) is 4.11. The number of fused-ring (bicyclic) bond motifs is 1. The zero-order chi connectivity index (χ0) is 21.5. The number of amides is 1. The summed E-state index contributed by atoms with van der Waals surface area (Å²) < 4.78 is 16.4. The van der Waals surface area contributed by atoms with E-state index in [4.69, 9.17) is 24.4 Å². The molecule has 3 aromatic rings. The van der Waals surface area contributed by atoms with Crippen molar-refractivity contribution in [1.82, 2.24) is 0 Å². The third-order valence-electron chi connectivity index (χ3n) is 4.73. The van der Waals surface area contributed by atoms with Crippen molar-refractivity contribution >= 4 is 40.6 Å². The number of benzene rings is 2. The molecule has 1 amide bonds. The molecule has 1 fully saturated rings. The van der Waals surface area contributed by atoms with E-state index in [1.165, 1.54) is 17.0 Å². The largest absolute Gasteiger partial charge is 0.478 e. The molecule has 31 heavy (non-hydrogen) atoms. The minimum Gasteiger partial charge on any atom is -0.478 e. The summed E-state index contributed by atoms with van der Waals surface area (Å²) in [7, 11) is 0. The number of hydrogen-bond acceptors (Lipinski definition) is 7. The van der Waals surface area contributed by atoms with Crippen LogP contribution in [0.2, 0.25) is 0 Å². The van der Waals surface area contributed by atoms with E-state index in [2.05, 4.69) is 0 Å². The molecule has 0 atom stereocenters. The topological polar surface area (TPSA) is 113 Å². The van der Waals surface area contributed by atoms with Gasteiger partial charge < -0.3 is 19.0 Å². The van der Waals surface area contributed by atoms with Crippen LogP contribution in [-0.2, 0) is 4.79 Å². The van der Waals surface area contributed by atoms with Crippen molar-refractivity contribution in [2.24, 2.45) is 0 Å². The second kappa shape index (κ2) is 7.37. The molecule has 5 rings (SSSR count). The van der Waals surface area contributed by atoms with Crippen molar-refractivity contribution in [3.05, 3.63) is 70.8 Å². The number of aromatic carboxylic acids is 1. The Morgan fingerprint density at radius 1 is 1.10 bits per heavy atom. The van der Waals surface area contributed by atoms with Gasteiger partial charge in [0, 0.05) is 17.7 Å². The first kappa shape index (κ1) is 19.0. The Hall–Kier alpha value is -3.98. The summed E-state index contributed by atoms with van der Waals surface area (Å²) in [5.41, 5.74) is 1.29. The zero-order valence-electron chi connectivity index (χ0n) is 15.8. The van der Waals surface area contributed by atoms with E-state index in [-0.39, 0.29) is 23.4 Å². The fraction of sp³-hybridized carbons (Fsp3) is 0.0455. The van der Waals surface area contributed by atoms with Crippen LogP contribution in [-0.4, -0.2) is 28.9 Å². The van der Waals surface area contributed by atoms with E-state index < -0.39 is 5.97 Å². The molecule has 2 aliphatic rings. The lowest BCUT2D eigenvalue weighted by atomic mass is 10.1. The lowest BCUT2D eigenvalue weighted by Gasteiger charge is -2.14. The second-order valence-corrected chi connectivity index (χ2v) is 7.71. The molecule has 0 bridgehead atoms. The van der Waals surface area contributed by atoms with Crippen LogP contribution in [0.15, 0.2) is 63.9 Å². The summed E-state index contributed by atoms with van der Waals surface area (Å²) in [5, 5.41) is 17.5. The number of furan rings is 1. The Labute approximate surface area is 180 Å². The van der Waals surface area contributed by atoms with Gasteiger partial charge in [-0.25, -0.2) is 4.79 Å². The minimum absolute atomic E-state index is 0.0658. The maximum Gasteiger partial charge on any atom is 0.335 e. The number of carboxylic acid groups (broad SMARTS) is 1. The van der Waals surface area contributed by atoms with E-state index in [0.717, 1.165) is 11.8 Å². The number of ether oxygens (including phenoxy) is 2. The number of thioether (sulfide) groups is 1. The molecule has 2 aromatic carbocycles. The highest BCUT2D eigenvalue weighted by Gasteiger charge is 2.34. The predicted molar refractivity (Wildman–Crippen MR) is 114 cm³/mol. The van der Waals surface area contributed by atoms with Crippen LogP contribution >= 0.6 is 11.8 Å². The van der Waals surface area contributed by atoms with Gasteiger partial charge in [0.2, 0.25) is 6.79 Å². The normalized spacial score (nSPS) is 16.4. The van der Waals surface area contributed by atoms with Gasteiger partial charge in [0.15, 0.2) is 16.7 Å². The first-order valence-corrected chi connectivity index (χ1v) is 9.97. The Kier molecular flexibility index (Phi) is 4.52. The number of nitrogens with one attached hydrogen (secondary N) is 1. The van der Waals surface area contributed by atoms with Gasteiger partial charge in [0.05, 0.1) is 16.2 Å². The molecule has 0 spiro atoms. The Morgan fingerprint density at radius 2 is 1.94 bits per heavy atom. The Morgan fingerprint density at radius 3 is 2.77 bits per heavy atom. The van der Waals surface area contributed by atoms with Gasteiger partial charge in [-0.2, -0.15) is 0 Å². The lowest BCUT2D eigenvalue weighted by Crippen LogP contribution is -2.28. The van der Waals surface area contributed by atoms with Gasteiger partial charge in [0.1, 0.15) is 11.5 Å². The van der Waals surface area contributed by atoms with Crippen LogP contribution in [0.25, 0.3) is 17.4 Å². The van der Waals surface area contributed by atoms with E-state index in [0.29, 0.717) is 39.2 Å². The highest BCUT2D eigenvalue weighted by molar-refractivity contribution is 8.19. The monoisotopic (exact) mass is 434 g/mol. The third kappa shape index (κ3) is 3.44. The van der Waals surface area contributed by atoms with E-state index >= 15 is 0 Å². The highest BCUT2D eigenvalue weighted by Crippen LogP contribution is 2.40. The number of carboxylic acids is 1. The maximum absolute atomic E-state index is 12.9. The average Bonchev–Trinajstić information content (AvgIpc) is 3.48. The van der Waals surface area contributed by atoms with E-state index in [9.17, 15) is 9.59 Å². The Bertz CT molecular complexity index is 1280. The number of hydrogen-bond donors (Lipinski definition) is 2. The zero-order valence-corrected chi connectivity index (χ0v) is 16.6. The molecule has 2 N–H and O–H groups in total.